The van der Waals surface area contributed by atoms with Gasteiger partial charge in [0, 0.05) is 12.3 Å². The van der Waals surface area contributed by atoms with Gasteiger partial charge in [0.25, 0.3) is 5.24 Å². The van der Waals surface area contributed by atoms with Gasteiger partial charge in [0.05, 0.1) is 17.7 Å². The lowest BCUT2D eigenvalue weighted by molar-refractivity contribution is 0.143. The summed E-state index contributed by atoms with van der Waals surface area (Å²) in [6, 6.07) is 0.245. The summed E-state index contributed by atoms with van der Waals surface area (Å²) < 4.78 is 0. The first kappa shape index (κ1) is 6.77. The van der Waals surface area contributed by atoms with Crippen LogP contribution in [0.2, 0.25) is 0 Å². The molecule has 2 atom stereocenters. The Morgan fingerprint density at radius 2 is 2.58 bits per heavy atom. The molecule has 0 unspecified atom stereocenters. The van der Waals surface area contributed by atoms with Gasteiger partial charge >= 0.3 is 0 Å². The maximum Gasteiger partial charge on any atom is 0.282 e. The van der Waals surface area contributed by atoms with Gasteiger partial charge in [-0.15, -0.1) is 0 Å². The highest BCUT2D eigenvalue weighted by molar-refractivity contribution is 8.13. The first-order chi connectivity index (χ1) is 5.86. The molecule has 12 heavy (non-hydrogen) atoms. The Morgan fingerprint density at radius 1 is 1.67 bits per heavy atom. The highest BCUT2D eigenvalue weighted by Gasteiger charge is 2.47. The van der Waals surface area contributed by atoms with Crippen LogP contribution in [0.3, 0.4) is 0 Å². The molecule has 3 aliphatic heterocycles. The molecule has 0 aliphatic carbocycles. The molecule has 4 nitrogen and oxygen atoms in total. The molecule has 3 aliphatic rings. The number of amides is 1. The van der Waals surface area contributed by atoms with Crippen LogP contribution in [0.5, 0.6) is 0 Å². The van der Waals surface area contributed by atoms with E-state index in [1.807, 2.05) is 4.90 Å². The molecule has 0 saturated carbocycles. The zero-order valence-electron chi connectivity index (χ0n) is 6.40. The average molecular weight is 184 g/mol. The topological polar surface area (TPSA) is 41.9 Å². The molecular weight excluding hydrogens is 176 g/mol. The number of fused-ring (bicyclic) bond motifs is 3. The van der Waals surface area contributed by atoms with Gasteiger partial charge in [-0.1, -0.05) is 16.9 Å². The second-order valence-electron chi connectivity index (χ2n) is 3.25. The quantitative estimate of drug-likeness (QED) is 0.551. The monoisotopic (exact) mass is 184 g/mol. The first-order valence-corrected chi connectivity index (χ1v) is 4.98. The molecule has 0 aromatic carbocycles. The van der Waals surface area contributed by atoms with E-state index in [0.717, 1.165) is 18.0 Å². The number of oxime groups is 1. The summed E-state index contributed by atoms with van der Waals surface area (Å²) in [7, 11) is 0. The Labute approximate surface area is 73.9 Å². The van der Waals surface area contributed by atoms with Crippen LogP contribution in [0.4, 0.5) is 4.79 Å². The van der Waals surface area contributed by atoms with Crippen molar-refractivity contribution in [2.75, 3.05) is 18.9 Å². The smallest absolute Gasteiger partial charge is 0.282 e. The van der Waals surface area contributed by atoms with Crippen molar-refractivity contribution in [2.45, 2.75) is 6.04 Å². The van der Waals surface area contributed by atoms with Crippen molar-refractivity contribution in [1.82, 2.24) is 4.90 Å². The van der Waals surface area contributed by atoms with Crippen LogP contribution in [0.1, 0.15) is 0 Å². The number of nitrogens with zero attached hydrogens (tertiary/aromatic N) is 2. The number of thioether (sulfide) groups is 1. The highest BCUT2D eigenvalue weighted by atomic mass is 32.2. The molecule has 0 aromatic rings. The average Bonchev–Trinajstić information content (AvgIpc) is 2.63. The Balaban J connectivity index is 1.96. The van der Waals surface area contributed by atoms with Crippen LogP contribution in [-0.2, 0) is 4.84 Å². The van der Waals surface area contributed by atoms with Crippen molar-refractivity contribution in [2.24, 2.45) is 11.1 Å². The third-order valence-corrected chi connectivity index (χ3v) is 3.56. The molecule has 5 heteroatoms. The normalized spacial score (nSPS) is 37.8. The minimum absolute atomic E-state index is 0.206. The molecular formula is C7H8N2O2S. The van der Waals surface area contributed by atoms with E-state index in [9.17, 15) is 4.79 Å². The van der Waals surface area contributed by atoms with Crippen LogP contribution in [0, 0.1) is 5.92 Å². The standard InChI is InChI=1S/C7H8N2O2S/c10-7-9-1-4-2-11-8-6(4)5(9)3-12-7/h4-5H,1-3H2/t4-,5+/m1/s1. The molecule has 0 radical (unpaired) electrons. The summed E-state index contributed by atoms with van der Waals surface area (Å²) >= 11 is 1.39. The van der Waals surface area contributed by atoms with E-state index in [-0.39, 0.29) is 11.3 Å². The Morgan fingerprint density at radius 3 is 3.50 bits per heavy atom. The number of carbonyl (C=O) groups excluding carboxylic acids is 1. The van der Waals surface area contributed by atoms with Crippen LogP contribution >= 0.6 is 11.8 Å². The number of hydrogen-bond donors (Lipinski definition) is 0. The summed E-state index contributed by atoms with van der Waals surface area (Å²) in [6.07, 6.45) is 0. The van der Waals surface area contributed by atoms with Crippen LogP contribution in [-0.4, -0.2) is 40.8 Å². The highest BCUT2D eigenvalue weighted by Crippen LogP contribution is 2.35. The SMILES string of the molecule is O=C1SC[C@H]2C3=NOC[C@H]3CN12. The Hall–Kier alpha value is -0.710. The van der Waals surface area contributed by atoms with Gasteiger partial charge in [0.15, 0.2) is 0 Å². The minimum atomic E-state index is 0.206. The van der Waals surface area contributed by atoms with Crippen molar-refractivity contribution in [3.63, 3.8) is 0 Å². The van der Waals surface area contributed by atoms with Crippen molar-refractivity contribution in [3.8, 4) is 0 Å². The molecule has 3 heterocycles. The fraction of sp³-hybridized carbons (Fsp3) is 0.714. The lowest BCUT2D eigenvalue weighted by Crippen LogP contribution is -2.30. The molecule has 0 spiro atoms. The first-order valence-electron chi connectivity index (χ1n) is 3.99. The molecule has 2 saturated heterocycles. The summed E-state index contributed by atoms with van der Waals surface area (Å²) in [5.41, 5.74) is 1.09. The van der Waals surface area contributed by atoms with Crippen molar-refractivity contribution >= 4 is 22.7 Å². The third kappa shape index (κ3) is 0.696. The summed E-state index contributed by atoms with van der Waals surface area (Å²) in [6.45, 7) is 1.48. The molecule has 0 aromatic heterocycles. The summed E-state index contributed by atoms with van der Waals surface area (Å²) in [5, 5.41) is 4.19. The van der Waals surface area contributed by atoms with Crippen LogP contribution in [0.15, 0.2) is 5.16 Å². The van der Waals surface area contributed by atoms with Gasteiger partial charge in [-0.2, -0.15) is 0 Å². The fourth-order valence-corrected chi connectivity index (χ4v) is 2.99. The Bertz CT molecular complexity index is 279. The van der Waals surface area contributed by atoms with Crippen molar-refractivity contribution in [3.05, 3.63) is 0 Å². The molecule has 3 rings (SSSR count). The van der Waals surface area contributed by atoms with Gasteiger partial charge in [0.2, 0.25) is 0 Å². The lowest BCUT2D eigenvalue weighted by Gasteiger charge is -2.12. The van der Waals surface area contributed by atoms with Crippen molar-refractivity contribution in [1.29, 1.82) is 0 Å². The zero-order chi connectivity index (χ0) is 8.13. The largest absolute Gasteiger partial charge is 0.395 e. The van der Waals surface area contributed by atoms with Gasteiger partial charge in [-0.3, -0.25) is 4.79 Å². The summed E-state index contributed by atoms with van der Waals surface area (Å²) in [4.78, 5) is 18.2. The maximum absolute atomic E-state index is 11.3. The van der Waals surface area contributed by atoms with Crippen molar-refractivity contribution < 1.29 is 9.63 Å². The van der Waals surface area contributed by atoms with Crippen LogP contribution in [0.25, 0.3) is 0 Å². The van der Waals surface area contributed by atoms with E-state index in [1.54, 1.807) is 0 Å². The van der Waals surface area contributed by atoms with E-state index in [1.165, 1.54) is 11.8 Å². The second-order valence-corrected chi connectivity index (χ2v) is 4.23. The molecule has 0 bridgehead atoms. The molecule has 1 amide bonds. The number of hydrogen-bond acceptors (Lipinski definition) is 4. The number of rotatable bonds is 0. The van der Waals surface area contributed by atoms with Crippen LogP contribution < -0.4 is 0 Å². The van der Waals surface area contributed by atoms with E-state index in [4.69, 9.17) is 4.84 Å². The summed E-state index contributed by atoms with van der Waals surface area (Å²) in [5.74, 6) is 1.25. The Kier molecular flexibility index (Phi) is 1.22. The van der Waals surface area contributed by atoms with Gasteiger partial charge in [-0.05, 0) is 0 Å². The third-order valence-electron chi connectivity index (χ3n) is 2.60. The van der Waals surface area contributed by atoms with Gasteiger partial charge < -0.3 is 9.74 Å². The predicted octanol–water partition coefficient (Wildman–Crippen LogP) is 0.540. The van der Waals surface area contributed by atoms with E-state index in [2.05, 4.69) is 5.16 Å². The lowest BCUT2D eigenvalue weighted by atomic mass is 10.1. The zero-order valence-corrected chi connectivity index (χ0v) is 7.21. The minimum Gasteiger partial charge on any atom is -0.395 e. The molecule has 0 N–H and O–H groups in total. The fourth-order valence-electron chi connectivity index (χ4n) is 1.98. The van der Waals surface area contributed by atoms with E-state index >= 15 is 0 Å². The van der Waals surface area contributed by atoms with E-state index < -0.39 is 0 Å². The van der Waals surface area contributed by atoms with Gasteiger partial charge in [-0.25, -0.2) is 0 Å². The number of carbonyl (C=O) groups is 1. The van der Waals surface area contributed by atoms with E-state index in [0.29, 0.717) is 12.5 Å². The van der Waals surface area contributed by atoms with Gasteiger partial charge in [0.1, 0.15) is 6.61 Å². The molecule has 2 fully saturated rings. The second kappa shape index (κ2) is 2.16. The molecule has 64 valence electrons. The maximum atomic E-state index is 11.3. The predicted molar refractivity (Wildman–Crippen MR) is 45.2 cm³/mol.